The first-order valence-electron chi connectivity index (χ1n) is 10.2. The molecule has 4 rings (SSSR count). The summed E-state index contributed by atoms with van der Waals surface area (Å²) in [6.45, 7) is 4.26. The van der Waals surface area contributed by atoms with Gasteiger partial charge in [0.05, 0.1) is 11.2 Å². The molecule has 0 bridgehead atoms. The van der Waals surface area contributed by atoms with E-state index in [-0.39, 0.29) is 42.0 Å². The van der Waals surface area contributed by atoms with Gasteiger partial charge in [-0.15, -0.1) is 0 Å². The van der Waals surface area contributed by atoms with Crippen molar-refractivity contribution >= 4 is 22.0 Å². The van der Waals surface area contributed by atoms with E-state index in [9.17, 15) is 18.0 Å². The lowest BCUT2D eigenvalue weighted by Gasteiger charge is -2.47. The monoisotopic (exact) mass is 413 g/mol. The van der Waals surface area contributed by atoms with Crippen LogP contribution in [0.2, 0.25) is 0 Å². The number of carbonyl (C=O) groups excluding carboxylic acids is 2. The molecule has 5 atom stereocenters. The molecule has 4 fully saturated rings. The molecule has 0 aromatic rings. The van der Waals surface area contributed by atoms with Crippen LogP contribution in [-0.2, 0) is 14.8 Å². The van der Waals surface area contributed by atoms with Gasteiger partial charge in [-0.3, -0.25) is 20.5 Å². The summed E-state index contributed by atoms with van der Waals surface area (Å²) in [6.07, 6.45) is 3.83. The number of rotatable bonds is 5. The number of hydrogen-bond acceptors (Lipinski definition) is 6. The topological polar surface area (TPSA) is 111 Å². The number of sulfonamides is 1. The summed E-state index contributed by atoms with van der Waals surface area (Å²) in [5.41, 5.74) is 5.92. The molecule has 0 aromatic heterocycles. The highest BCUT2D eigenvalue weighted by Gasteiger charge is 2.51. The molecular weight excluding hydrogens is 382 g/mol. The van der Waals surface area contributed by atoms with Crippen LogP contribution in [0.3, 0.4) is 0 Å². The molecule has 4 aliphatic rings. The minimum Gasteiger partial charge on any atom is -0.324 e. The third-order valence-electron chi connectivity index (χ3n) is 6.78. The zero-order chi connectivity index (χ0) is 20.3. The normalized spacial score (nSPS) is 37.9. The van der Waals surface area contributed by atoms with Gasteiger partial charge in [0.1, 0.15) is 0 Å². The molecule has 0 aromatic carbocycles. The second-order valence-electron chi connectivity index (χ2n) is 9.28. The van der Waals surface area contributed by atoms with E-state index < -0.39 is 21.2 Å². The number of hydrogen-bond donors (Lipinski definition) is 3. The number of nitrogens with zero attached hydrogens (tertiary/aromatic N) is 2. The average molecular weight is 414 g/mol. The number of urea groups is 1. The Morgan fingerprint density at radius 1 is 1.18 bits per heavy atom. The molecule has 5 unspecified atom stereocenters. The molecule has 28 heavy (non-hydrogen) atoms. The summed E-state index contributed by atoms with van der Waals surface area (Å²) in [5, 5.41) is -0.579. The smallest absolute Gasteiger partial charge is 0.324 e. The van der Waals surface area contributed by atoms with Gasteiger partial charge in [-0.05, 0) is 52.4 Å². The Kier molecular flexibility index (Phi) is 4.96. The van der Waals surface area contributed by atoms with E-state index in [1.54, 1.807) is 11.9 Å². The predicted octanol–water partition coefficient (Wildman–Crippen LogP) is 0.145. The Balaban J connectivity index is 1.49. The molecule has 158 valence electrons. The Bertz CT molecular complexity index is 768. The highest BCUT2D eigenvalue weighted by Crippen LogP contribution is 2.39. The van der Waals surface area contributed by atoms with Gasteiger partial charge in [0.25, 0.3) is 0 Å². The van der Waals surface area contributed by atoms with E-state index in [4.69, 9.17) is 0 Å². The Morgan fingerprint density at radius 3 is 2.50 bits per heavy atom. The zero-order valence-corrected chi connectivity index (χ0v) is 17.6. The van der Waals surface area contributed by atoms with Crippen molar-refractivity contribution in [2.45, 2.75) is 81.3 Å². The van der Waals surface area contributed by atoms with Gasteiger partial charge in [0, 0.05) is 37.3 Å². The molecule has 2 saturated carbocycles. The number of fused-ring (bicyclic) bond motifs is 1. The summed E-state index contributed by atoms with van der Waals surface area (Å²) in [6, 6.07) is -0.206. The van der Waals surface area contributed by atoms with Crippen LogP contribution in [0.15, 0.2) is 0 Å². The number of imide groups is 1. The summed E-state index contributed by atoms with van der Waals surface area (Å²) >= 11 is 0. The molecule has 2 saturated heterocycles. The van der Waals surface area contributed by atoms with Crippen molar-refractivity contribution in [2.75, 3.05) is 13.6 Å². The van der Waals surface area contributed by atoms with Crippen LogP contribution in [0, 0.1) is 5.92 Å². The molecule has 2 aliphatic carbocycles. The third kappa shape index (κ3) is 3.67. The van der Waals surface area contributed by atoms with E-state index in [0.717, 1.165) is 19.3 Å². The van der Waals surface area contributed by atoms with E-state index in [2.05, 4.69) is 15.6 Å². The maximum atomic E-state index is 13.2. The van der Waals surface area contributed by atoms with Crippen LogP contribution < -0.4 is 15.6 Å². The van der Waals surface area contributed by atoms with E-state index in [1.165, 1.54) is 4.90 Å². The molecule has 0 spiro atoms. The second kappa shape index (κ2) is 6.93. The highest BCUT2D eigenvalue weighted by atomic mass is 32.2. The summed E-state index contributed by atoms with van der Waals surface area (Å²) in [7, 11) is -1.75. The number of amides is 3. The van der Waals surface area contributed by atoms with Crippen LogP contribution in [0.25, 0.3) is 0 Å². The van der Waals surface area contributed by atoms with Gasteiger partial charge in [-0.25, -0.2) is 17.9 Å². The molecule has 9 nitrogen and oxygen atoms in total. The van der Waals surface area contributed by atoms with Crippen LogP contribution in [0.1, 0.15) is 52.4 Å². The van der Waals surface area contributed by atoms with Gasteiger partial charge in [-0.2, -0.15) is 0 Å². The minimum absolute atomic E-state index is 0.00690. The van der Waals surface area contributed by atoms with Gasteiger partial charge < -0.3 is 4.90 Å². The van der Waals surface area contributed by atoms with Crippen molar-refractivity contribution in [3.05, 3.63) is 0 Å². The first-order valence-corrected chi connectivity index (χ1v) is 11.8. The Morgan fingerprint density at radius 2 is 1.89 bits per heavy atom. The maximum Gasteiger partial charge on any atom is 0.326 e. The van der Waals surface area contributed by atoms with Gasteiger partial charge in [0.15, 0.2) is 0 Å². The maximum absolute atomic E-state index is 13.2. The lowest BCUT2D eigenvalue weighted by Crippen LogP contribution is -2.64. The third-order valence-corrected chi connectivity index (χ3v) is 8.86. The lowest BCUT2D eigenvalue weighted by molar-refractivity contribution is -0.140. The molecule has 10 heteroatoms. The van der Waals surface area contributed by atoms with Crippen molar-refractivity contribution in [1.82, 2.24) is 25.4 Å². The van der Waals surface area contributed by atoms with Crippen molar-refractivity contribution in [1.29, 1.82) is 0 Å². The number of hydrazine groups is 1. The fourth-order valence-electron chi connectivity index (χ4n) is 4.78. The van der Waals surface area contributed by atoms with E-state index in [1.807, 2.05) is 13.8 Å². The Hall–Kier alpha value is -1.23. The molecule has 3 amide bonds. The lowest BCUT2D eigenvalue weighted by atomic mass is 9.81. The van der Waals surface area contributed by atoms with Crippen molar-refractivity contribution in [3.63, 3.8) is 0 Å². The van der Waals surface area contributed by atoms with Crippen LogP contribution >= 0.6 is 0 Å². The summed E-state index contributed by atoms with van der Waals surface area (Å²) in [5.74, 6) is -0.691. The molecule has 2 heterocycles. The SMILES string of the molecule is CC1CC(CN2C(=O)C3CC(S(=O)(=O)NC4(C)CC4)CCC3N(C)C2=O)NN1. The fourth-order valence-corrected chi connectivity index (χ4v) is 6.75. The Labute approximate surface area is 166 Å². The number of carbonyl (C=O) groups is 2. The molecule has 3 N–H and O–H groups in total. The molecule has 0 radical (unpaired) electrons. The van der Waals surface area contributed by atoms with Gasteiger partial charge >= 0.3 is 6.03 Å². The minimum atomic E-state index is -3.48. The quantitative estimate of drug-likeness (QED) is 0.592. The van der Waals surface area contributed by atoms with E-state index >= 15 is 0 Å². The average Bonchev–Trinajstić information content (AvgIpc) is 3.20. The van der Waals surface area contributed by atoms with Crippen LogP contribution in [0.5, 0.6) is 0 Å². The van der Waals surface area contributed by atoms with Crippen LogP contribution in [0.4, 0.5) is 4.79 Å². The molecule has 2 aliphatic heterocycles. The van der Waals surface area contributed by atoms with Crippen molar-refractivity contribution in [3.8, 4) is 0 Å². The van der Waals surface area contributed by atoms with Crippen molar-refractivity contribution in [2.24, 2.45) is 5.92 Å². The summed E-state index contributed by atoms with van der Waals surface area (Å²) in [4.78, 5) is 28.9. The molecular formula is C18H31N5O4S. The van der Waals surface area contributed by atoms with Crippen LogP contribution in [-0.4, -0.2) is 72.7 Å². The highest BCUT2D eigenvalue weighted by molar-refractivity contribution is 7.90. The predicted molar refractivity (Wildman–Crippen MR) is 104 cm³/mol. The first kappa shape index (κ1) is 20.1. The van der Waals surface area contributed by atoms with Crippen molar-refractivity contribution < 1.29 is 18.0 Å². The standard InChI is InChI=1S/C18H31N5O4S/c1-11-8-12(20-19-11)10-23-16(24)14-9-13(4-5-15(14)22(3)17(23)25)28(26,27)21-18(2)6-7-18/h11-15,19-21H,4-10H2,1-3H3. The fraction of sp³-hybridized carbons (Fsp3) is 0.889. The van der Waals surface area contributed by atoms with E-state index in [0.29, 0.717) is 19.4 Å². The van der Waals surface area contributed by atoms with Gasteiger partial charge in [-0.1, -0.05) is 0 Å². The zero-order valence-electron chi connectivity index (χ0n) is 16.8. The number of nitrogens with one attached hydrogen (secondary N) is 3. The second-order valence-corrected chi connectivity index (χ2v) is 11.2. The largest absolute Gasteiger partial charge is 0.326 e. The first-order chi connectivity index (χ1) is 13.1. The summed E-state index contributed by atoms with van der Waals surface area (Å²) < 4.78 is 28.5. The van der Waals surface area contributed by atoms with Gasteiger partial charge in [0.2, 0.25) is 15.9 Å².